The molecule has 0 spiro atoms. The van der Waals surface area contributed by atoms with Crippen LogP contribution in [0.25, 0.3) is 0 Å². The van der Waals surface area contributed by atoms with E-state index >= 15 is 0 Å². The van der Waals surface area contributed by atoms with Crippen LogP contribution in [0.3, 0.4) is 0 Å². The summed E-state index contributed by atoms with van der Waals surface area (Å²) in [6.45, 7) is 3.99. The lowest BCUT2D eigenvalue weighted by Gasteiger charge is -2.11. The van der Waals surface area contributed by atoms with E-state index in [0.29, 0.717) is 12.3 Å². The largest absolute Gasteiger partial charge is 0.397 e. The van der Waals surface area contributed by atoms with Gasteiger partial charge in [0.1, 0.15) is 6.23 Å². The van der Waals surface area contributed by atoms with Crippen LogP contribution in [0.1, 0.15) is 5.56 Å². The maximum Gasteiger partial charge on any atom is 0.125 e. The van der Waals surface area contributed by atoms with Crippen molar-refractivity contribution in [3.63, 3.8) is 0 Å². The topological polar surface area (TPSA) is 73.3 Å². The molecule has 1 rings (SSSR count). The average Bonchev–Trinajstić information content (AvgIpc) is 2.34. The van der Waals surface area contributed by atoms with Crippen molar-refractivity contribution in [3.8, 4) is 0 Å². The van der Waals surface area contributed by atoms with E-state index in [0.717, 1.165) is 11.3 Å². The number of hydrogen-bond acceptors (Lipinski definition) is 4. The van der Waals surface area contributed by atoms with Crippen LogP contribution in [0.4, 0.5) is 11.4 Å². The lowest BCUT2D eigenvalue weighted by atomic mass is 10.2. The molecule has 17 heavy (non-hydrogen) atoms. The minimum absolute atomic E-state index is 0.427. The van der Waals surface area contributed by atoms with Crippen LogP contribution in [0.2, 0.25) is 0 Å². The third-order valence-corrected chi connectivity index (χ3v) is 2.26. The summed E-state index contributed by atoms with van der Waals surface area (Å²) < 4.78 is 5.43. The van der Waals surface area contributed by atoms with Gasteiger partial charge in [0.2, 0.25) is 0 Å². The zero-order valence-corrected chi connectivity index (χ0v) is 10.0. The minimum atomic E-state index is -0.432. The molecule has 0 aliphatic heterocycles. The van der Waals surface area contributed by atoms with Crippen molar-refractivity contribution in [1.82, 2.24) is 0 Å². The highest BCUT2D eigenvalue weighted by Gasteiger charge is 2.01. The number of rotatable bonds is 6. The molecular weight excluding hydrogens is 214 g/mol. The van der Waals surface area contributed by atoms with E-state index in [-0.39, 0.29) is 0 Å². The van der Waals surface area contributed by atoms with Gasteiger partial charge in [-0.3, -0.25) is 0 Å². The molecule has 0 aromatic heterocycles. The molecule has 1 aromatic rings. The second-order valence-electron chi connectivity index (χ2n) is 3.57. The summed E-state index contributed by atoms with van der Waals surface area (Å²) in [5.41, 5.74) is 14.1. The van der Waals surface area contributed by atoms with Crippen molar-refractivity contribution in [2.75, 3.05) is 18.1 Å². The van der Waals surface area contributed by atoms with E-state index in [1.54, 1.807) is 18.2 Å². The van der Waals surface area contributed by atoms with Gasteiger partial charge in [0.15, 0.2) is 0 Å². The first-order valence-corrected chi connectivity index (χ1v) is 5.40. The van der Waals surface area contributed by atoms with Crippen LogP contribution in [0.15, 0.2) is 43.0 Å². The predicted molar refractivity (Wildman–Crippen MR) is 72.5 cm³/mol. The SMILES string of the molecule is C=C/C=C\C(N)OCc1ccc(NC)c(N)c1. The number of hydrogen-bond donors (Lipinski definition) is 3. The molecule has 1 unspecified atom stereocenters. The summed E-state index contributed by atoms with van der Waals surface area (Å²) in [7, 11) is 1.83. The molecule has 0 saturated heterocycles. The van der Waals surface area contributed by atoms with Gasteiger partial charge in [-0.1, -0.05) is 24.8 Å². The first-order chi connectivity index (χ1) is 8.17. The predicted octanol–water partition coefficient (Wildman–Crippen LogP) is 1.85. The molecule has 0 radical (unpaired) electrons. The van der Waals surface area contributed by atoms with E-state index in [2.05, 4.69) is 11.9 Å². The zero-order valence-electron chi connectivity index (χ0n) is 10.0. The summed E-state index contributed by atoms with van der Waals surface area (Å²) in [6, 6.07) is 5.74. The Labute approximate surface area is 102 Å². The highest BCUT2D eigenvalue weighted by Crippen LogP contribution is 2.19. The van der Waals surface area contributed by atoms with Gasteiger partial charge in [-0.2, -0.15) is 0 Å². The number of nitrogen functional groups attached to an aromatic ring is 1. The molecule has 4 heteroatoms. The van der Waals surface area contributed by atoms with Crippen molar-refractivity contribution in [1.29, 1.82) is 0 Å². The third-order valence-electron chi connectivity index (χ3n) is 2.26. The fraction of sp³-hybridized carbons (Fsp3) is 0.231. The van der Waals surface area contributed by atoms with Gasteiger partial charge in [0.05, 0.1) is 18.0 Å². The normalized spacial score (nSPS) is 12.6. The maximum absolute atomic E-state index is 5.84. The number of nitrogens with two attached hydrogens (primary N) is 2. The quantitative estimate of drug-likeness (QED) is 0.398. The van der Waals surface area contributed by atoms with Gasteiger partial charge in [-0.05, 0) is 23.8 Å². The molecule has 0 bridgehead atoms. The Kier molecular flexibility index (Phi) is 5.26. The molecule has 5 N–H and O–H groups in total. The van der Waals surface area contributed by atoms with Gasteiger partial charge in [0.25, 0.3) is 0 Å². The van der Waals surface area contributed by atoms with Crippen LogP contribution in [0, 0.1) is 0 Å². The molecular formula is C13H19N3O. The lowest BCUT2D eigenvalue weighted by Crippen LogP contribution is -2.20. The van der Waals surface area contributed by atoms with Crippen LogP contribution in [-0.4, -0.2) is 13.3 Å². The van der Waals surface area contributed by atoms with E-state index in [4.69, 9.17) is 16.2 Å². The van der Waals surface area contributed by atoms with Gasteiger partial charge < -0.3 is 21.5 Å². The Balaban J connectivity index is 2.55. The lowest BCUT2D eigenvalue weighted by molar-refractivity contribution is 0.0764. The molecule has 92 valence electrons. The Morgan fingerprint density at radius 3 is 2.88 bits per heavy atom. The summed E-state index contributed by atoms with van der Waals surface area (Å²) in [6.07, 6.45) is 4.71. The summed E-state index contributed by atoms with van der Waals surface area (Å²) in [4.78, 5) is 0. The van der Waals surface area contributed by atoms with E-state index in [9.17, 15) is 0 Å². The van der Waals surface area contributed by atoms with E-state index < -0.39 is 6.23 Å². The van der Waals surface area contributed by atoms with Crippen LogP contribution in [0.5, 0.6) is 0 Å². The Morgan fingerprint density at radius 1 is 1.53 bits per heavy atom. The van der Waals surface area contributed by atoms with Gasteiger partial charge in [-0.25, -0.2) is 0 Å². The third kappa shape index (κ3) is 4.30. The highest BCUT2D eigenvalue weighted by molar-refractivity contribution is 5.66. The average molecular weight is 233 g/mol. The summed E-state index contributed by atoms with van der Waals surface area (Å²) >= 11 is 0. The Hall–Kier alpha value is -1.78. The van der Waals surface area contributed by atoms with Crippen molar-refractivity contribution in [2.24, 2.45) is 5.73 Å². The first-order valence-electron chi connectivity index (χ1n) is 5.40. The first kappa shape index (κ1) is 13.3. The number of ether oxygens (including phenoxy) is 1. The maximum atomic E-state index is 5.84. The number of anilines is 2. The molecule has 0 aliphatic rings. The van der Waals surface area contributed by atoms with Gasteiger partial charge in [0, 0.05) is 7.05 Å². The second kappa shape index (κ2) is 6.73. The molecule has 1 atom stereocenters. The van der Waals surface area contributed by atoms with Gasteiger partial charge >= 0.3 is 0 Å². The number of allylic oxidation sites excluding steroid dienone is 2. The van der Waals surface area contributed by atoms with E-state index in [1.807, 2.05) is 25.2 Å². The molecule has 0 heterocycles. The van der Waals surface area contributed by atoms with Crippen molar-refractivity contribution in [3.05, 3.63) is 48.6 Å². The zero-order chi connectivity index (χ0) is 12.7. The second-order valence-corrected chi connectivity index (χ2v) is 3.57. The smallest absolute Gasteiger partial charge is 0.125 e. The van der Waals surface area contributed by atoms with Crippen molar-refractivity contribution in [2.45, 2.75) is 12.8 Å². The highest BCUT2D eigenvalue weighted by atomic mass is 16.5. The van der Waals surface area contributed by atoms with Crippen LogP contribution >= 0.6 is 0 Å². The van der Waals surface area contributed by atoms with Gasteiger partial charge in [-0.15, -0.1) is 0 Å². The minimum Gasteiger partial charge on any atom is -0.397 e. The molecule has 0 saturated carbocycles. The van der Waals surface area contributed by atoms with E-state index in [1.165, 1.54) is 0 Å². The Bertz CT molecular complexity index is 402. The molecule has 0 amide bonds. The summed E-state index contributed by atoms with van der Waals surface area (Å²) in [5, 5.41) is 3.00. The molecule has 0 aliphatic carbocycles. The fourth-order valence-corrected chi connectivity index (χ4v) is 1.37. The number of nitrogens with one attached hydrogen (secondary N) is 1. The standard InChI is InChI=1S/C13H19N3O/c1-3-4-5-13(15)17-9-10-6-7-12(16-2)11(14)8-10/h3-8,13,16H,1,9,14-15H2,2H3/b5-4-. The fourth-order valence-electron chi connectivity index (χ4n) is 1.37. The molecule has 4 nitrogen and oxygen atoms in total. The van der Waals surface area contributed by atoms with Crippen molar-refractivity contribution >= 4 is 11.4 Å². The molecule has 0 fully saturated rings. The number of benzene rings is 1. The Morgan fingerprint density at radius 2 is 2.29 bits per heavy atom. The monoisotopic (exact) mass is 233 g/mol. The van der Waals surface area contributed by atoms with Crippen molar-refractivity contribution < 1.29 is 4.74 Å². The summed E-state index contributed by atoms with van der Waals surface area (Å²) in [5.74, 6) is 0. The van der Waals surface area contributed by atoms with Crippen LogP contribution in [-0.2, 0) is 11.3 Å². The molecule has 1 aromatic carbocycles. The van der Waals surface area contributed by atoms with Crippen LogP contribution < -0.4 is 16.8 Å².